The van der Waals surface area contributed by atoms with Crippen LogP contribution in [-0.4, -0.2) is 11.1 Å². The summed E-state index contributed by atoms with van der Waals surface area (Å²) in [5.74, 6) is 1.75. The number of aryl methyl sites for hydroxylation is 4. The topological polar surface area (TPSA) is 31.4 Å². The molecule has 0 saturated carbocycles. The lowest BCUT2D eigenvalue weighted by Crippen LogP contribution is -2.11. The Kier molecular flexibility index (Phi) is 8.33. The number of ether oxygens (including phenoxy) is 2. The van der Waals surface area contributed by atoms with Crippen LogP contribution in [0.5, 0.6) is 11.5 Å². The molecule has 0 aliphatic rings. The zero-order valence-corrected chi connectivity index (χ0v) is 20.5. The second kappa shape index (κ2) is 11.2. The maximum atomic E-state index is 6.27. The van der Waals surface area contributed by atoms with Crippen molar-refractivity contribution in [1.29, 1.82) is 0 Å². The van der Waals surface area contributed by atoms with Crippen LogP contribution in [0.1, 0.15) is 69.0 Å². The number of rotatable bonds is 10. The van der Waals surface area contributed by atoms with E-state index in [2.05, 4.69) is 84.0 Å². The van der Waals surface area contributed by atoms with Gasteiger partial charge in [-0.3, -0.25) is 4.98 Å². The fourth-order valence-electron chi connectivity index (χ4n) is 4.14. The number of benzene rings is 2. The predicted octanol–water partition coefficient (Wildman–Crippen LogP) is 7.50. The van der Waals surface area contributed by atoms with Crippen LogP contribution >= 0.6 is 0 Å². The van der Waals surface area contributed by atoms with Crippen LogP contribution in [0.3, 0.4) is 0 Å². The van der Waals surface area contributed by atoms with E-state index >= 15 is 0 Å². The summed E-state index contributed by atoms with van der Waals surface area (Å²) in [5.41, 5.74) is 8.14. The quantitative estimate of drug-likeness (QED) is 0.333. The van der Waals surface area contributed by atoms with Crippen LogP contribution in [0.4, 0.5) is 0 Å². The smallest absolute Gasteiger partial charge is 0.130 e. The molecule has 0 spiro atoms. The van der Waals surface area contributed by atoms with Gasteiger partial charge in [-0.1, -0.05) is 57.5 Å². The molecule has 170 valence electrons. The fourth-order valence-corrected chi connectivity index (χ4v) is 4.14. The largest absolute Gasteiger partial charge is 0.490 e. The molecular formula is C29H37NO2. The zero-order valence-electron chi connectivity index (χ0n) is 20.5. The molecule has 3 nitrogen and oxygen atoms in total. The third-order valence-corrected chi connectivity index (χ3v) is 5.73. The highest BCUT2D eigenvalue weighted by Crippen LogP contribution is 2.34. The Balaban J connectivity index is 1.99. The van der Waals surface area contributed by atoms with Crippen molar-refractivity contribution in [2.45, 2.75) is 79.9 Å². The molecule has 2 aromatic carbocycles. The van der Waals surface area contributed by atoms with Gasteiger partial charge in [-0.2, -0.15) is 0 Å². The normalized spacial score (nSPS) is 11.1. The lowest BCUT2D eigenvalue weighted by atomic mass is 9.94. The minimum Gasteiger partial charge on any atom is -0.490 e. The number of aromatic nitrogens is 1. The molecule has 0 aliphatic heterocycles. The van der Waals surface area contributed by atoms with Gasteiger partial charge in [0.1, 0.15) is 18.1 Å². The molecular weight excluding hydrogens is 394 g/mol. The Morgan fingerprint density at radius 1 is 0.906 bits per heavy atom. The Hall–Kier alpha value is -2.81. The molecule has 0 radical (unpaired) electrons. The first-order valence-electron chi connectivity index (χ1n) is 12.0. The average molecular weight is 432 g/mol. The molecule has 32 heavy (non-hydrogen) atoms. The first-order chi connectivity index (χ1) is 15.5. The third-order valence-electron chi connectivity index (χ3n) is 5.73. The van der Waals surface area contributed by atoms with Gasteiger partial charge in [0.15, 0.2) is 0 Å². The minimum absolute atomic E-state index is 0.0725. The molecule has 0 bridgehead atoms. The molecule has 0 N–H and O–H groups in total. The van der Waals surface area contributed by atoms with Gasteiger partial charge in [0, 0.05) is 17.3 Å². The Labute approximate surface area is 193 Å². The summed E-state index contributed by atoms with van der Waals surface area (Å²) < 4.78 is 12.5. The SMILES string of the molecule is CCCc1cccc(OCc2c(OC(C)C)cc(-c3c(CC)cccc3CC)nc2C)c1. The summed E-state index contributed by atoms with van der Waals surface area (Å²) in [6, 6.07) is 17.0. The summed E-state index contributed by atoms with van der Waals surface area (Å²) in [6.07, 6.45) is 4.21. The zero-order chi connectivity index (χ0) is 23.1. The first-order valence-corrected chi connectivity index (χ1v) is 12.0. The highest BCUT2D eigenvalue weighted by atomic mass is 16.5. The summed E-state index contributed by atoms with van der Waals surface area (Å²) in [5, 5.41) is 0. The van der Waals surface area contributed by atoms with Crippen LogP contribution in [0, 0.1) is 6.92 Å². The van der Waals surface area contributed by atoms with Crippen molar-refractivity contribution in [3.8, 4) is 22.8 Å². The van der Waals surface area contributed by atoms with E-state index in [9.17, 15) is 0 Å². The van der Waals surface area contributed by atoms with Crippen molar-refractivity contribution in [1.82, 2.24) is 4.98 Å². The van der Waals surface area contributed by atoms with E-state index in [1.807, 2.05) is 6.07 Å². The van der Waals surface area contributed by atoms with Gasteiger partial charge < -0.3 is 9.47 Å². The van der Waals surface area contributed by atoms with Gasteiger partial charge in [-0.05, 0) is 68.9 Å². The van der Waals surface area contributed by atoms with E-state index in [4.69, 9.17) is 14.5 Å². The van der Waals surface area contributed by atoms with Crippen molar-refractivity contribution >= 4 is 0 Å². The maximum absolute atomic E-state index is 6.27. The number of hydrogen-bond donors (Lipinski definition) is 0. The van der Waals surface area contributed by atoms with Crippen molar-refractivity contribution in [2.24, 2.45) is 0 Å². The Morgan fingerprint density at radius 2 is 1.59 bits per heavy atom. The second-order valence-corrected chi connectivity index (χ2v) is 8.58. The van der Waals surface area contributed by atoms with Crippen LogP contribution in [-0.2, 0) is 25.9 Å². The fraction of sp³-hybridized carbons (Fsp3) is 0.414. The molecule has 0 unspecified atom stereocenters. The average Bonchev–Trinajstić information content (AvgIpc) is 2.77. The molecule has 1 aromatic heterocycles. The highest BCUT2D eigenvalue weighted by molar-refractivity contribution is 5.70. The van der Waals surface area contributed by atoms with E-state index in [0.717, 1.165) is 54.1 Å². The molecule has 3 rings (SSSR count). The lowest BCUT2D eigenvalue weighted by molar-refractivity contribution is 0.229. The molecule has 0 fully saturated rings. The van der Waals surface area contributed by atoms with Crippen molar-refractivity contribution in [2.75, 3.05) is 0 Å². The molecule has 0 saturated heterocycles. The standard InChI is InChI=1S/C29H37NO2/c1-7-12-22-13-10-16-25(17-22)31-19-26-21(6)30-27(18-28(26)32-20(4)5)29-23(8-2)14-11-15-24(29)9-3/h10-11,13-18,20H,7-9,12,19H2,1-6H3. The van der Waals surface area contributed by atoms with Crippen molar-refractivity contribution < 1.29 is 9.47 Å². The number of nitrogens with zero attached hydrogens (tertiary/aromatic N) is 1. The molecule has 3 aromatic rings. The Bertz CT molecular complexity index is 1020. The van der Waals surface area contributed by atoms with Gasteiger partial charge in [0.25, 0.3) is 0 Å². The summed E-state index contributed by atoms with van der Waals surface area (Å²) in [4.78, 5) is 5.03. The van der Waals surface area contributed by atoms with Crippen LogP contribution in [0.15, 0.2) is 48.5 Å². The molecule has 3 heteroatoms. The van der Waals surface area contributed by atoms with Gasteiger partial charge >= 0.3 is 0 Å². The van der Waals surface area contributed by atoms with Crippen LogP contribution in [0.2, 0.25) is 0 Å². The second-order valence-electron chi connectivity index (χ2n) is 8.58. The molecule has 0 atom stereocenters. The number of pyridine rings is 1. The maximum Gasteiger partial charge on any atom is 0.130 e. The first kappa shape index (κ1) is 23.8. The van der Waals surface area contributed by atoms with Crippen LogP contribution in [0.25, 0.3) is 11.3 Å². The highest BCUT2D eigenvalue weighted by Gasteiger charge is 2.17. The summed E-state index contributed by atoms with van der Waals surface area (Å²) in [7, 11) is 0. The summed E-state index contributed by atoms with van der Waals surface area (Å²) in [6.45, 7) is 13.2. The molecule has 0 amide bonds. The predicted molar refractivity (Wildman–Crippen MR) is 134 cm³/mol. The van der Waals surface area contributed by atoms with Gasteiger partial charge in [-0.15, -0.1) is 0 Å². The number of hydrogen-bond acceptors (Lipinski definition) is 3. The third kappa shape index (κ3) is 5.70. The van der Waals surface area contributed by atoms with E-state index in [1.165, 1.54) is 22.3 Å². The van der Waals surface area contributed by atoms with E-state index < -0.39 is 0 Å². The van der Waals surface area contributed by atoms with E-state index in [-0.39, 0.29) is 6.10 Å². The molecule has 1 heterocycles. The van der Waals surface area contributed by atoms with E-state index in [1.54, 1.807) is 0 Å². The van der Waals surface area contributed by atoms with Crippen molar-refractivity contribution in [3.05, 3.63) is 76.5 Å². The van der Waals surface area contributed by atoms with Crippen molar-refractivity contribution in [3.63, 3.8) is 0 Å². The summed E-state index contributed by atoms with van der Waals surface area (Å²) >= 11 is 0. The van der Waals surface area contributed by atoms with Gasteiger partial charge in [-0.25, -0.2) is 0 Å². The van der Waals surface area contributed by atoms with Crippen LogP contribution < -0.4 is 9.47 Å². The molecule has 0 aliphatic carbocycles. The van der Waals surface area contributed by atoms with Gasteiger partial charge in [0.2, 0.25) is 0 Å². The lowest BCUT2D eigenvalue weighted by Gasteiger charge is -2.20. The van der Waals surface area contributed by atoms with E-state index in [0.29, 0.717) is 6.61 Å². The minimum atomic E-state index is 0.0725. The Morgan fingerprint density at radius 3 is 2.22 bits per heavy atom. The van der Waals surface area contributed by atoms with Gasteiger partial charge in [0.05, 0.1) is 17.4 Å². The monoisotopic (exact) mass is 431 g/mol.